The van der Waals surface area contributed by atoms with Crippen molar-refractivity contribution in [2.45, 2.75) is 58.0 Å². The van der Waals surface area contributed by atoms with E-state index >= 15 is 0 Å². The summed E-state index contributed by atoms with van der Waals surface area (Å²) in [5, 5.41) is 10.4. The van der Waals surface area contributed by atoms with Gasteiger partial charge in [-0.2, -0.15) is 0 Å². The molecule has 2 fully saturated rings. The maximum atomic E-state index is 7.03. The SMILES string of the molecule is Cc1csc2c1C(NC1(C)CC1)=NC(N)(c1ccc(N3CCN(C)CC3)cc1OC(C)C)N2. The van der Waals surface area contributed by atoms with Gasteiger partial charge in [0.1, 0.15) is 16.6 Å². The van der Waals surface area contributed by atoms with Crippen LogP contribution in [0.25, 0.3) is 0 Å². The predicted molar refractivity (Wildman–Crippen MR) is 138 cm³/mol. The number of amidine groups is 1. The van der Waals surface area contributed by atoms with E-state index in [9.17, 15) is 0 Å². The van der Waals surface area contributed by atoms with Gasteiger partial charge < -0.3 is 25.2 Å². The van der Waals surface area contributed by atoms with E-state index < -0.39 is 5.79 Å². The van der Waals surface area contributed by atoms with E-state index in [2.05, 4.69) is 78.8 Å². The van der Waals surface area contributed by atoms with Gasteiger partial charge in [-0.1, -0.05) is 0 Å². The zero-order valence-electron chi connectivity index (χ0n) is 20.4. The van der Waals surface area contributed by atoms with Crippen LogP contribution in [0.15, 0.2) is 28.6 Å². The summed E-state index contributed by atoms with van der Waals surface area (Å²) in [6.45, 7) is 12.6. The van der Waals surface area contributed by atoms with Crippen LogP contribution in [0.2, 0.25) is 0 Å². The van der Waals surface area contributed by atoms with Gasteiger partial charge >= 0.3 is 0 Å². The van der Waals surface area contributed by atoms with Crippen molar-refractivity contribution in [2.75, 3.05) is 43.4 Å². The molecule has 1 saturated carbocycles. The van der Waals surface area contributed by atoms with Crippen LogP contribution in [0.5, 0.6) is 5.75 Å². The first-order chi connectivity index (χ1) is 15.7. The molecule has 4 N–H and O–H groups in total. The maximum absolute atomic E-state index is 7.03. The number of anilines is 2. The van der Waals surface area contributed by atoms with Crippen LogP contribution in [-0.4, -0.2) is 55.6 Å². The van der Waals surface area contributed by atoms with Gasteiger partial charge in [-0.05, 0) is 70.7 Å². The van der Waals surface area contributed by atoms with Crippen molar-refractivity contribution in [3.8, 4) is 5.75 Å². The highest BCUT2D eigenvalue weighted by atomic mass is 32.1. The Kier molecular flexibility index (Phi) is 5.58. The fraction of sp³-hybridized carbons (Fsp3) is 0.560. The number of rotatable bonds is 5. The molecular weight excluding hydrogens is 432 g/mol. The fourth-order valence-corrected chi connectivity index (χ4v) is 5.52. The molecule has 1 aromatic heterocycles. The minimum Gasteiger partial charge on any atom is -0.490 e. The Labute approximate surface area is 201 Å². The second-order valence-electron chi connectivity index (χ2n) is 10.3. The first-order valence-electron chi connectivity index (χ1n) is 11.9. The molecular formula is C25H36N6OS. The second kappa shape index (κ2) is 8.18. The summed E-state index contributed by atoms with van der Waals surface area (Å²) in [5.74, 6) is 0.556. The number of nitrogens with one attached hydrogen (secondary N) is 2. The largest absolute Gasteiger partial charge is 0.490 e. The molecule has 1 atom stereocenters. The molecule has 0 amide bonds. The molecule has 3 aliphatic rings. The van der Waals surface area contributed by atoms with Crippen LogP contribution in [0.3, 0.4) is 0 Å². The summed E-state index contributed by atoms with van der Waals surface area (Å²) >= 11 is 1.68. The van der Waals surface area contributed by atoms with Gasteiger partial charge in [0.25, 0.3) is 0 Å². The van der Waals surface area contributed by atoms with Crippen LogP contribution in [0.1, 0.15) is 50.3 Å². The topological polar surface area (TPSA) is 78.2 Å². The third-order valence-corrected chi connectivity index (χ3v) is 7.84. The molecule has 0 radical (unpaired) electrons. The van der Waals surface area contributed by atoms with E-state index in [-0.39, 0.29) is 11.6 Å². The molecule has 1 unspecified atom stereocenters. The first kappa shape index (κ1) is 22.5. The second-order valence-corrected chi connectivity index (χ2v) is 11.2. The lowest BCUT2D eigenvalue weighted by molar-refractivity contribution is 0.236. The number of piperazine rings is 1. The Morgan fingerprint density at radius 2 is 1.94 bits per heavy atom. The zero-order chi connectivity index (χ0) is 23.4. The Hall–Kier alpha value is -2.29. The molecule has 1 saturated heterocycles. The number of hydrogen-bond acceptors (Lipinski definition) is 8. The fourth-order valence-electron chi connectivity index (χ4n) is 4.52. The standard InChI is InChI=1S/C25H36N6OS/c1-16(2)32-20-14-18(31-12-10-30(5)11-13-31)6-7-19(20)25(26)28-22(27-24(4)8-9-24)21-17(3)15-33-23(21)29-25/h6-7,14-16,29H,8-13,26H2,1-5H3,(H,27,28). The summed E-state index contributed by atoms with van der Waals surface area (Å²) in [5.41, 5.74) is 11.5. The van der Waals surface area contributed by atoms with Crippen molar-refractivity contribution < 1.29 is 4.74 Å². The number of hydrogen-bond donors (Lipinski definition) is 3. The van der Waals surface area contributed by atoms with E-state index in [1.54, 1.807) is 11.3 Å². The van der Waals surface area contributed by atoms with Gasteiger partial charge in [0, 0.05) is 43.5 Å². The molecule has 8 heteroatoms. The highest BCUT2D eigenvalue weighted by Crippen LogP contribution is 2.43. The predicted octanol–water partition coefficient (Wildman–Crippen LogP) is 3.68. The molecule has 1 aromatic carbocycles. The zero-order valence-corrected chi connectivity index (χ0v) is 21.2. The highest BCUT2D eigenvalue weighted by Gasteiger charge is 2.43. The van der Waals surface area contributed by atoms with Gasteiger partial charge in [-0.15, -0.1) is 11.3 Å². The van der Waals surface area contributed by atoms with Crippen LogP contribution in [0, 0.1) is 6.92 Å². The molecule has 1 aliphatic carbocycles. The smallest absolute Gasteiger partial charge is 0.215 e. The number of aliphatic imine (C=N–C) groups is 1. The number of fused-ring (bicyclic) bond motifs is 1. The molecule has 2 aromatic rings. The van der Waals surface area contributed by atoms with Gasteiger partial charge in [-0.3, -0.25) is 5.73 Å². The highest BCUT2D eigenvalue weighted by molar-refractivity contribution is 7.14. The lowest BCUT2D eigenvalue weighted by Crippen LogP contribution is -2.49. The molecule has 33 heavy (non-hydrogen) atoms. The van der Waals surface area contributed by atoms with E-state index in [1.165, 1.54) is 11.3 Å². The van der Waals surface area contributed by atoms with Gasteiger partial charge in [-0.25, -0.2) is 4.99 Å². The van der Waals surface area contributed by atoms with Crippen LogP contribution in [0.4, 0.5) is 10.7 Å². The van der Waals surface area contributed by atoms with Gasteiger partial charge in [0.2, 0.25) is 5.79 Å². The van der Waals surface area contributed by atoms with Crippen molar-refractivity contribution in [1.29, 1.82) is 0 Å². The summed E-state index contributed by atoms with van der Waals surface area (Å²) in [6.07, 6.45) is 2.33. The molecule has 3 heterocycles. The Balaban J connectivity index is 1.54. The maximum Gasteiger partial charge on any atom is 0.215 e. The van der Waals surface area contributed by atoms with E-state index in [0.29, 0.717) is 0 Å². The molecule has 0 bridgehead atoms. The van der Waals surface area contributed by atoms with Crippen molar-refractivity contribution in [1.82, 2.24) is 10.2 Å². The van der Waals surface area contributed by atoms with Crippen LogP contribution < -0.4 is 26.0 Å². The summed E-state index contributed by atoms with van der Waals surface area (Å²) in [7, 11) is 2.17. The Morgan fingerprint density at radius 1 is 1.21 bits per heavy atom. The van der Waals surface area contributed by atoms with E-state index in [1.807, 2.05) is 0 Å². The molecule has 178 valence electrons. The number of likely N-dealkylation sites (N-methyl/N-ethyl adjacent to an activating group) is 1. The number of ether oxygens (including phenoxy) is 1. The van der Waals surface area contributed by atoms with E-state index in [4.69, 9.17) is 15.5 Å². The summed E-state index contributed by atoms with van der Waals surface area (Å²) in [4.78, 5) is 9.86. The monoisotopic (exact) mass is 468 g/mol. The molecule has 7 nitrogen and oxygen atoms in total. The quantitative estimate of drug-likeness (QED) is 0.621. The van der Waals surface area contributed by atoms with Crippen molar-refractivity contribution in [3.05, 3.63) is 40.3 Å². The minimum absolute atomic E-state index is 0.0326. The third kappa shape index (κ3) is 4.44. The molecule has 5 rings (SSSR count). The van der Waals surface area contributed by atoms with Crippen LogP contribution in [-0.2, 0) is 5.79 Å². The Bertz CT molecular complexity index is 1070. The minimum atomic E-state index is -1.11. The summed E-state index contributed by atoms with van der Waals surface area (Å²) < 4.78 is 6.31. The average Bonchev–Trinajstić information content (AvgIpc) is 3.36. The van der Waals surface area contributed by atoms with E-state index in [0.717, 1.165) is 66.7 Å². The van der Waals surface area contributed by atoms with Crippen molar-refractivity contribution >= 4 is 27.9 Å². The Morgan fingerprint density at radius 3 is 2.61 bits per heavy atom. The van der Waals surface area contributed by atoms with Gasteiger partial charge in [0.05, 0.1) is 17.2 Å². The van der Waals surface area contributed by atoms with Gasteiger partial charge in [0.15, 0.2) is 0 Å². The molecule has 2 aliphatic heterocycles. The first-order valence-corrected chi connectivity index (χ1v) is 12.8. The summed E-state index contributed by atoms with van der Waals surface area (Å²) in [6, 6.07) is 6.38. The average molecular weight is 469 g/mol. The van der Waals surface area contributed by atoms with Crippen molar-refractivity contribution in [3.63, 3.8) is 0 Å². The lowest BCUT2D eigenvalue weighted by atomic mass is 10.0. The van der Waals surface area contributed by atoms with Crippen LogP contribution >= 0.6 is 11.3 Å². The van der Waals surface area contributed by atoms with Crippen molar-refractivity contribution in [2.24, 2.45) is 10.7 Å². The lowest BCUT2D eigenvalue weighted by Gasteiger charge is -2.37. The number of benzene rings is 1. The number of nitrogens with zero attached hydrogens (tertiary/aromatic N) is 3. The number of nitrogens with two attached hydrogens (primary N) is 1. The number of aryl methyl sites for hydroxylation is 1. The third-order valence-electron chi connectivity index (χ3n) is 6.83. The normalized spacial score (nSPS) is 24.2. The number of thiophene rings is 1. The molecule has 0 spiro atoms.